The van der Waals surface area contributed by atoms with Crippen LogP contribution >= 0.6 is 27.5 Å². The maximum atomic E-state index is 12.9. The maximum absolute atomic E-state index is 12.9. The number of carbonyl (C=O) groups excluding carboxylic acids is 3. The lowest BCUT2D eigenvalue weighted by atomic mass is 10.1. The van der Waals surface area contributed by atoms with E-state index in [0.717, 1.165) is 26.5 Å². The van der Waals surface area contributed by atoms with E-state index in [-0.39, 0.29) is 10.7 Å². The summed E-state index contributed by atoms with van der Waals surface area (Å²) in [4.78, 5) is 39.0. The summed E-state index contributed by atoms with van der Waals surface area (Å²) in [6.07, 6.45) is -4.62. The highest BCUT2D eigenvalue weighted by atomic mass is 79.9. The Hall–Kier alpha value is -2.99. The van der Waals surface area contributed by atoms with E-state index in [4.69, 9.17) is 11.6 Å². The number of amides is 3. The Balaban J connectivity index is 1.49. The predicted octanol–water partition coefficient (Wildman–Crippen LogP) is 4.05. The van der Waals surface area contributed by atoms with Crippen LogP contribution in [0.2, 0.25) is 5.02 Å². The smallest absolute Gasteiger partial charge is 0.323 e. The summed E-state index contributed by atoms with van der Waals surface area (Å²) in [5, 5.41) is 10.7. The monoisotopic (exact) mass is 529 g/mol. The third-order valence-electron chi connectivity index (χ3n) is 4.82. The molecule has 3 amide bonds. The van der Waals surface area contributed by atoms with Crippen LogP contribution in [0.3, 0.4) is 0 Å². The zero-order valence-electron chi connectivity index (χ0n) is 15.8. The van der Waals surface area contributed by atoms with Crippen molar-refractivity contribution < 1.29 is 27.6 Å². The molecule has 0 aliphatic carbocycles. The van der Waals surface area contributed by atoms with Crippen molar-refractivity contribution in [3.05, 3.63) is 57.5 Å². The summed E-state index contributed by atoms with van der Waals surface area (Å²) in [7, 11) is 0. The largest absolute Gasteiger partial charge is 0.416 e. The minimum atomic E-state index is -4.62. The number of hydrogen-bond acceptors (Lipinski definition) is 6. The van der Waals surface area contributed by atoms with Gasteiger partial charge in [0.1, 0.15) is 6.54 Å². The first-order valence-corrected chi connectivity index (χ1v) is 10.2. The van der Waals surface area contributed by atoms with Crippen LogP contribution in [-0.4, -0.2) is 41.4 Å². The van der Waals surface area contributed by atoms with Crippen LogP contribution in [-0.2, 0) is 20.6 Å². The van der Waals surface area contributed by atoms with Crippen molar-refractivity contribution in [2.45, 2.75) is 18.3 Å². The second-order valence-corrected chi connectivity index (χ2v) is 8.24. The van der Waals surface area contributed by atoms with Gasteiger partial charge in [0.05, 0.1) is 22.0 Å². The Kier molecular flexibility index (Phi) is 5.67. The van der Waals surface area contributed by atoms with E-state index in [2.05, 4.69) is 31.6 Å². The van der Waals surface area contributed by atoms with Crippen molar-refractivity contribution >= 4 is 56.6 Å². The minimum Gasteiger partial charge on any atom is -0.323 e. The van der Waals surface area contributed by atoms with Crippen LogP contribution in [0.5, 0.6) is 0 Å². The Morgan fingerprint density at radius 2 is 1.81 bits per heavy atom. The van der Waals surface area contributed by atoms with Gasteiger partial charge in [0.2, 0.25) is 5.91 Å². The number of rotatable bonds is 4. The SMILES string of the molecule is O=C(CN1N=N[C@H]2C(=O)N(c3ccc(Br)cc3)C(=O)[C@@H]21)Nc1cc(C(F)(F)F)ccc1Cl. The topological polar surface area (TPSA) is 94.4 Å². The summed E-state index contributed by atoms with van der Waals surface area (Å²) in [6.45, 7) is -0.523. The molecule has 1 saturated heterocycles. The number of halogens is 5. The zero-order chi connectivity index (χ0) is 23.2. The first-order chi connectivity index (χ1) is 15.1. The van der Waals surface area contributed by atoms with Crippen LogP contribution in [0.15, 0.2) is 57.3 Å². The second kappa shape index (κ2) is 8.17. The molecule has 4 rings (SSSR count). The first kappa shape index (κ1) is 22.2. The fourth-order valence-corrected chi connectivity index (χ4v) is 3.76. The molecular weight excluding hydrogens is 519 g/mol. The number of alkyl halides is 3. The lowest BCUT2D eigenvalue weighted by Gasteiger charge is -2.20. The number of benzene rings is 2. The molecule has 0 aromatic heterocycles. The number of carbonyl (C=O) groups is 3. The average molecular weight is 531 g/mol. The fraction of sp³-hybridized carbons (Fsp3) is 0.211. The molecule has 2 aromatic carbocycles. The van der Waals surface area contributed by atoms with Crippen LogP contribution in [0, 0.1) is 0 Å². The zero-order valence-corrected chi connectivity index (χ0v) is 18.1. The third-order valence-corrected chi connectivity index (χ3v) is 5.67. The van der Waals surface area contributed by atoms with Crippen molar-refractivity contribution in [3.8, 4) is 0 Å². The van der Waals surface area contributed by atoms with Crippen molar-refractivity contribution in [3.63, 3.8) is 0 Å². The minimum absolute atomic E-state index is 0.0965. The average Bonchev–Trinajstić information content (AvgIpc) is 3.23. The fourth-order valence-electron chi connectivity index (χ4n) is 3.33. The molecule has 32 heavy (non-hydrogen) atoms. The molecule has 0 bridgehead atoms. The van der Waals surface area contributed by atoms with Crippen molar-refractivity contribution in [1.82, 2.24) is 5.01 Å². The summed E-state index contributed by atoms with van der Waals surface area (Å²) >= 11 is 9.16. The standard InChI is InChI=1S/C19H12BrClF3N5O3/c20-10-2-4-11(5-3-10)29-17(31)15-16(18(29)32)28(27-26-15)8-14(30)25-13-7-9(19(22,23)24)1-6-12(13)21/h1-7,15-16H,8H2,(H,25,30)/t15-,16-/m1/s1. The lowest BCUT2D eigenvalue weighted by Crippen LogP contribution is -2.43. The summed E-state index contributed by atoms with van der Waals surface area (Å²) in [5.41, 5.74) is -0.891. The molecular formula is C19H12BrClF3N5O3. The van der Waals surface area contributed by atoms with E-state index in [0.29, 0.717) is 11.8 Å². The number of anilines is 2. The number of nitrogens with one attached hydrogen (secondary N) is 1. The van der Waals surface area contributed by atoms with Gasteiger partial charge in [-0.25, -0.2) is 4.90 Å². The van der Waals surface area contributed by atoms with E-state index in [1.165, 1.54) is 0 Å². The normalized spacial score (nSPS) is 20.2. The van der Waals surface area contributed by atoms with Crippen LogP contribution in [0.25, 0.3) is 0 Å². The van der Waals surface area contributed by atoms with Crippen molar-refractivity contribution in [2.24, 2.45) is 10.3 Å². The molecule has 2 atom stereocenters. The van der Waals surface area contributed by atoms with Gasteiger partial charge in [0.25, 0.3) is 11.8 Å². The highest BCUT2D eigenvalue weighted by Gasteiger charge is 2.55. The Morgan fingerprint density at radius 1 is 1.12 bits per heavy atom. The molecule has 13 heteroatoms. The maximum Gasteiger partial charge on any atom is 0.416 e. The van der Waals surface area contributed by atoms with Gasteiger partial charge >= 0.3 is 6.18 Å². The molecule has 0 radical (unpaired) electrons. The quantitative estimate of drug-likeness (QED) is 0.604. The van der Waals surface area contributed by atoms with Crippen LogP contribution in [0.1, 0.15) is 5.56 Å². The molecule has 0 spiro atoms. The lowest BCUT2D eigenvalue weighted by molar-refractivity contribution is -0.137. The molecule has 0 unspecified atom stereocenters. The van der Waals surface area contributed by atoms with Gasteiger partial charge in [-0.2, -0.15) is 18.3 Å². The number of fused-ring (bicyclic) bond motifs is 1. The molecule has 1 fully saturated rings. The summed E-state index contributed by atoms with van der Waals surface area (Å²) in [5.74, 6) is -1.99. The second-order valence-electron chi connectivity index (χ2n) is 6.92. The highest BCUT2D eigenvalue weighted by molar-refractivity contribution is 9.10. The molecule has 2 heterocycles. The predicted molar refractivity (Wildman–Crippen MR) is 111 cm³/mol. The van der Waals surface area contributed by atoms with E-state index < -0.39 is 48.1 Å². The van der Waals surface area contributed by atoms with Gasteiger partial charge in [-0.1, -0.05) is 32.8 Å². The van der Waals surface area contributed by atoms with Gasteiger partial charge in [-0.05, 0) is 42.5 Å². The highest BCUT2D eigenvalue weighted by Crippen LogP contribution is 2.35. The number of nitrogens with zero attached hydrogens (tertiary/aromatic N) is 4. The van der Waals surface area contributed by atoms with Gasteiger partial charge in [0.15, 0.2) is 12.1 Å². The third kappa shape index (κ3) is 4.07. The molecule has 2 aliphatic rings. The van der Waals surface area contributed by atoms with Gasteiger partial charge < -0.3 is 5.32 Å². The molecule has 1 N–H and O–H groups in total. The van der Waals surface area contributed by atoms with Crippen LogP contribution < -0.4 is 10.2 Å². The van der Waals surface area contributed by atoms with Crippen molar-refractivity contribution in [1.29, 1.82) is 0 Å². The Morgan fingerprint density at radius 3 is 2.47 bits per heavy atom. The van der Waals surface area contributed by atoms with E-state index in [1.54, 1.807) is 24.3 Å². The summed E-state index contributed by atoms with van der Waals surface area (Å²) in [6, 6.07) is 6.73. The van der Waals surface area contributed by atoms with Crippen LogP contribution in [0.4, 0.5) is 24.5 Å². The molecule has 166 valence electrons. The first-order valence-electron chi connectivity index (χ1n) is 9.03. The Labute approximate surface area is 192 Å². The van der Waals surface area contributed by atoms with Crippen molar-refractivity contribution in [2.75, 3.05) is 16.8 Å². The molecule has 0 saturated carbocycles. The summed E-state index contributed by atoms with van der Waals surface area (Å²) < 4.78 is 39.5. The van der Waals surface area contributed by atoms with Gasteiger partial charge in [-0.15, -0.1) is 0 Å². The van der Waals surface area contributed by atoms with E-state index in [1.807, 2.05) is 0 Å². The number of imide groups is 1. The molecule has 8 nitrogen and oxygen atoms in total. The van der Waals surface area contributed by atoms with E-state index in [9.17, 15) is 27.6 Å². The number of hydrogen-bond donors (Lipinski definition) is 1. The van der Waals surface area contributed by atoms with E-state index >= 15 is 0 Å². The van der Waals surface area contributed by atoms with Gasteiger partial charge in [-0.3, -0.25) is 19.4 Å². The molecule has 2 aliphatic heterocycles. The van der Waals surface area contributed by atoms with Gasteiger partial charge in [0, 0.05) is 4.47 Å². The molecule has 2 aromatic rings. The Bertz CT molecular complexity index is 1140.